The van der Waals surface area contributed by atoms with Crippen LogP contribution >= 0.6 is 0 Å². The molecule has 6 rings (SSSR count). The van der Waals surface area contributed by atoms with Crippen LogP contribution in [0.15, 0.2) is 95.9 Å². The number of hydrogen-bond donors (Lipinski definition) is 1. The fraction of sp³-hybridized carbons (Fsp3) is 0.297. The number of hydrogen-bond acceptors (Lipinski definition) is 4. The number of benzene rings is 3. The van der Waals surface area contributed by atoms with Crippen molar-refractivity contribution in [1.82, 2.24) is 24.2 Å². The number of nitriles is 1. The van der Waals surface area contributed by atoms with Gasteiger partial charge in [0.05, 0.1) is 66.3 Å². The normalized spacial score (nSPS) is 16.7. The Morgan fingerprint density at radius 1 is 0.959 bits per heavy atom. The third-order valence-electron chi connectivity index (χ3n) is 9.49. The van der Waals surface area contributed by atoms with Crippen molar-refractivity contribution < 1.29 is 22.4 Å². The van der Waals surface area contributed by atoms with Crippen LogP contribution in [0, 0.1) is 18.3 Å². The van der Waals surface area contributed by atoms with Crippen LogP contribution in [0.2, 0.25) is 0 Å². The average Bonchev–Trinajstić information content (AvgIpc) is 3.66. The van der Waals surface area contributed by atoms with Gasteiger partial charge in [-0.05, 0) is 68.3 Å². The number of halogens is 3. The lowest BCUT2D eigenvalue weighted by atomic mass is 9.89. The minimum Gasteiger partial charge on any atom is -0.335 e. The fourth-order valence-corrected chi connectivity index (χ4v) is 6.93. The van der Waals surface area contributed by atoms with E-state index in [0.29, 0.717) is 35.8 Å². The van der Waals surface area contributed by atoms with Gasteiger partial charge < -0.3 is 9.80 Å². The standard InChI is InChI=1S/C37H36F3N7O2/c1-25-34(33-20-21-42-46(33)30-16-12-26(23-41)13-17-30)45(36(49)44(25)31-11-7-10-28(22-31)37(38,39)40)35(48)43-29-14-18-32(19-15-29)47(2,3)24-27-8-5-4-6-9-27/h4-13,16-17,20-22,29,32H,14-15,18-19,24H2,1-3H3/p+1/t29-,32+. The van der Waals surface area contributed by atoms with Crippen molar-refractivity contribution in [3.8, 4) is 28.8 Å². The summed E-state index contributed by atoms with van der Waals surface area (Å²) in [5.74, 6) is 0. The van der Waals surface area contributed by atoms with Gasteiger partial charge in [0.1, 0.15) is 12.2 Å². The van der Waals surface area contributed by atoms with E-state index in [9.17, 15) is 28.0 Å². The second kappa shape index (κ2) is 13.2. The highest BCUT2D eigenvalue weighted by Gasteiger charge is 2.35. The number of quaternary nitrogens is 1. The highest BCUT2D eigenvalue weighted by molar-refractivity contribution is 5.83. The molecule has 0 atom stereocenters. The average molecular weight is 669 g/mol. The molecule has 0 aliphatic heterocycles. The van der Waals surface area contributed by atoms with E-state index in [2.05, 4.69) is 42.7 Å². The minimum absolute atomic E-state index is 0.0199. The molecule has 1 fully saturated rings. The summed E-state index contributed by atoms with van der Waals surface area (Å²) in [6, 6.07) is 24.7. The third-order valence-corrected chi connectivity index (χ3v) is 9.49. The first-order chi connectivity index (χ1) is 23.4. The van der Waals surface area contributed by atoms with Gasteiger partial charge in [-0.15, -0.1) is 0 Å². The topological polar surface area (TPSA) is 97.6 Å². The van der Waals surface area contributed by atoms with Crippen LogP contribution < -0.4 is 11.0 Å². The Morgan fingerprint density at radius 3 is 2.31 bits per heavy atom. The van der Waals surface area contributed by atoms with Crippen molar-refractivity contribution in [2.24, 2.45) is 0 Å². The maximum atomic E-state index is 14.2. The van der Waals surface area contributed by atoms with E-state index >= 15 is 0 Å². The molecule has 0 saturated heterocycles. The molecular weight excluding hydrogens is 631 g/mol. The van der Waals surface area contributed by atoms with E-state index in [1.807, 2.05) is 18.2 Å². The number of nitrogens with one attached hydrogen (secondary N) is 1. The predicted molar refractivity (Wildman–Crippen MR) is 179 cm³/mol. The molecule has 5 aromatic rings. The van der Waals surface area contributed by atoms with Crippen LogP contribution in [-0.4, -0.2) is 55.6 Å². The molecule has 0 spiro atoms. The number of carbonyl (C=O) groups is 1. The van der Waals surface area contributed by atoms with Crippen molar-refractivity contribution in [1.29, 1.82) is 5.26 Å². The summed E-state index contributed by atoms with van der Waals surface area (Å²) in [4.78, 5) is 28.3. The van der Waals surface area contributed by atoms with Gasteiger partial charge in [-0.25, -0.2) is 18.8 Å². The van der Waals surface area contributed by atoms with Gasteiger partial charge in [0, 0.05) is 24.4 Å². The Balaban J connectivity index is 1.34. The van der Waals surface area contributed by atoms with E-state index in [-0.39, 0.29) is 23.1 Å². The van der Waals surface area contributed by atoms with E-state index in [0.717, 1.165) is 45.1 Å². The molecule has 12 heteroatoms. The van der Waals surface area contributed by atoms with Gasteiger partial charge in [-0.2, -0.15) is 23.5 Å². The molecule has 1 N–H and O–H groups in total. The van der Waals surface area contributed by atoms with E-state index in [1.165, 1.54) is 28.6 Å². The predicted octanol–water partition coefficient (Wildman–Crippen LogP) is 6.84. The number of rotatable bonds is 7. The molecule has 1 aliphatic rings. The van der Waals surface area contributed by atoms with Gasteiger partial charge in [0.25, 0.3) is 0 Å². The summed E-state index contributed by atoms with van der Waals surface area (Å²) in [6.45, 7) is 2.48. The van der Waals surface area contributed by atoms with Gasteiger partial charge >= 0.3 is 17.9 Å². The molecule has 3 aromatic carbocycles. The van der Waals surface area contributed by atoms with E-state index in [4.69, 9.17) is 0 Å². The fourth-order valence-electron chi connectivity index (χ4n) is 6.93. The Kier molecular flexibility index (Phi) is 9.05. The van der Waals surface area contributed by atoms with Crippen molar-refractivity contribution in [3.63, 3.8) is 0 Å². The molecule has 2 aromatic heterocycles. The SMILES string of the molecule is Cc1c(-c2ccnn2-c2ccc(C#N)cc2)n(C(=O)N[C@H]2CC[C@@H]([N+](C)(C)Cc3ccccc3)CC2)c(=O)n1-c1cccc(C(F)(F)F)c1. The molecule has 49 heavy (non-hydrogen) atoms. The lowest BCUT2D eigenvalue weighted by Gasteiger charge is -2.42. The molecule has 1 amide bonds. The molecule has 252 valence electrons. The second-order valence-corrected chi connectivity index (χ2v) is 13.1. The Hall–Kier alpha value is -5.41. The van der Waals surface area contributed by atoms with Crippen LogP contribution in [0.3, 0.4) is 0 Å². The van der Waals surface area contributed by atoms with Crippen molar-refractivity contribution in [2.75, 3.05) is 14.1 Å². The van der Waals surface area contributed by atoms with Crippen molar-refractivity contribution in [3.05, 3.63) is 124 Å². The summed E-state index contributed by atoms with van der Waals surface area (Å²) in [5.41, 5.74) is 1.37. The zero-order chi connectivity index (χ0) is 34.9. The third kappa shape index (κ3) is 6.80. The maximum absolute atomic E-state index is 14.2. The zero-order valence-corrected chi connectivity index (χ0v) is 27.5. The molecule has 1 saturated carbocycles. The molecule has 0 radical (unpaired) electrons. The minimum atomic E-state index is -4.63. The summed E-state index contributed by atoms with van der Waals surface area (Å²) in [7, 11) is 4.44. The Labute approximate surface area is 282 Å². The van der Waals surface area contributed by atoms with Gasteiger partial charge in [-0.1, -0.05) is 36.4 Å². The number of nitrogens with zero attached hydrogens (tertiary/aromatic N) is 6. The molecular formula is C37H37F3N7O2+. The largest absolute Gasteiger partial charge is 0.416 e. The number of imidazole rings is 1. The molecule has 0 unspecified atom stereocenters. The highest BCUT2D eigenvalue weighted by atomic mass is 19.4. The van der Waals surface area contributed by atoms with Crippen LogP contribution in [0.4, 0.5) is 18.0 Å². The Bertz CT molecular complexity index is 2060. The van der Waals surface area contributed by atoms with Gasteiger partial charge in [-0.3, -0.25) is 4.57 Å². The van der Waals surface area contributed by atoms with Crippen LogP contribution in [0.1, 0.15) is 48.1 Å². The van der Waals surface area contributed by atoms with Crippen molar-refractivity contribution >= 4 is 6.03 Å². The van der Waals surface area contributed by atoms with Crippen LogP contribution in [0.5, 0.6) is 0 Å². The van der Waals surface area contributed by atoms with E-state index in [1.54, 1.807) is 37.3 Å². The summed E-state index contributed by atoms with van der Waals surface area (Å²) >= 11 is 0. The van der Waals surface area contributed by atoms with Gasteiger partial charge in [0.2, 0.25) is 0 Å². The first-order valence-electron chi connectivity index (χ1n) is 16.1. The van der Waals surface area contributed by atoms with Crippen molar-refractivity contribution in [2.45, 2.75) is 57.4 Å². The highest BCUT2D eigenvalue weighted by Crippen LogP contribution is 2.33. The molecule has 9 nitrogen and oxygen atoms in total. The van der Waals surface area contributed by atoms with Crippen LogP contribution in [-0.2, 0) is 12.7 Å². The molecule has 0 bridgehead atoms. The zero-order valence-electron chi connectivity index (χ0n) is 27.5. The maximum Gasteiger partial charge on any atom is 0.416 e. The number of amides is 1. The summed E-state index contributed by atoms with van der Waals surface area (Å²) in [5, 5.41) is 16.7. The quantitative estimate of drug-likeness (QED) is 0.192. The summed E-state index contributed by atoms with van der Waals surface area (Å²) < 4.78 is 45.6. The molecule has 1 aliphatic carbocycles. The summed E-state index contributed by atoms with van der Waals surface area (Å²) in [6.07, 6.45) is 0.0706. The van der Waals surface area contributed by atoms with Crippen LogP contribution in [0.25, 0.3) is 22.8 Å². The smallest absolute Gasteiger partial charge is 0.335 e. The monoisotopic (exact) mass is 668 g/mol. The van der Waals surface area contributed by atoms with Gasteiger partial charge in [0.15, 0.2) is 0 Å². The molecule has 2 heterocycles. The lowest BCUT2D eigenvalue weighted by Crippen LogP contribution is -2.52. The first kappa shape index (κ1) is 33.5. The lowest BCUT2D eigenvalue weighted by molar-refractivity contribution is -0.929. The number of carbonyl (C=O) groups excluding carboxylic acids is 1. The van der Waals surface area contributed by atoms with E-state index < -0.39 is 23.5 Å². The second-order valence-electron chi connectivity index (χ2n) is 13.1. The Morgan fingerprint density at radius 2 is 1.65 bits per heavy atom. The first-order valence-corrected chi connectivity index (χ1v) is 16.1. The number of alkyl halides is 3. The number of aromatic nitrogens is 4.